The van der Waals surface area contributed by atoms with Crippen LogP contribution in [0.1, 0.15) is 21.9 Å². The van der Waals surface area contributed by atoms with Crippen LogP contribution >= 0.6 is 0 Å². The SMILES string of the molecule is Nc1nc(C(=O)O)nc2c1CCS(=O)(=O)CC2. The number of nitrogen functional groups attached to an aromatic ring is 1. The summed E-state index contributed by atoms with van der Waals surface area (Å²) in [5.41, 5.74) is 6.61. The van der Waals surface area contributed by atoms with Crippen LogP contribution in [-0.2, 0) is 22.7 Å². The lowest BCUT2D eigenvalue weighted by Crippen LogP contribution is -2.13. The van der Waals surface area contributed by atoms with Crippen molar-refractivity contribution < 1.29 is 18.3 Å². The largest absolute Gasteiger partial charge is 0.475 e. The lowest BCUT2D eigenvalue weighted by Gasteiger charge is -2.07. The Bertz CT molecular complexity index is 582. The molecule has 0 unspecified atom stereocenters. The summed E-state index contributed by atoms with van der Waals surface area (Å²) in [6.45, 7) is 0. The summed E-state index contributed by atoms with van der Waals surface area (Å²) in [4.78, 5) is 18.2. The van der Waals surface area contributed by atoms with E-state index in [1.54, 1.807) is 0 Å². The molecule has 2 rings (SSSR count). The molecule has 0 saturated carbocycles. The van der Waals surface area contributed by atoms with Gasteiger partial charge in [-0.3, -0.25) is 0 Å². The summed E-state index contributed by atoms with van der Waals surface area (Å²) in [6, 6.07) is 0. The number of fused-ring (bicyclic) bond motifs is 1. The van der Waals surface area contributed by atoms with Crippen LogP contribution in [0.2, 0.25) is 0 Å². The van der Waals surface area contributed by atoms with E-state index in [4.69, 9.17) is 10.8 Å². The summed E-state index contributed by atoms with van der Waals surface area (Å²) < 4.78 is 22.9. The Morgan fingerprint density at radius 1 is 1.24 bits per heavy atom. The third kappa shape index (κ3) is 2.36. The topological polar surface area (TPSA) is 123 Å². The van der Waals surface area contributed by atoms with Crippen LogP contribution in [-0.4, -0.2) is 41.0 Å². The highest BCUT2D eigenvalue weighted by Crippen LogP contribution is 2.20. The van der Waals surface area contributed by atoms with Crippen LogP contribution in [0.25, 0.3) is 0 Å². The molecule has 0 amide bonds. The molecule has 3 N–H and O–H groups in total. The van der Waals surface area contributed by atoms with Gasteiger partial charge in [0.2, 0.25) is 5.82 Å². The molecule has 1 aliphatic heterocycles. The molecule has 1 aromatic rings. The summed E-state index contributed by atoms with van der Waals surface area (Å²) in [5.74, 6) is -1.63. The Morgan fingerprint density at radius 2 is 1.88 bits per heavy atom. The van der Waals surface area contributed by atoms with E-state index >= 15 is 0 Å². The second-order valence-corrected chi connectivity index (χ2v) is 6.12. The number of hydrogen-bond donors (Lipinski definition) is 2. The van der Waals surface area contributed by atoms with Crippen molar-refractivity contribution in [3.8, 4) is 0 Å². The molecule has 0 aromatic carbocycles. The predicted octanol–water partition coefficient (Wildman–Crippen LogP) is -0.730. The minimum atomic E-state index is -3.11. The first-order valence-corrected chi connectivity index (χ1v) is 6.80. The highest BCUT2D eigenvalue weighted by molar-refractivity contribution is 7.91. The first-order valence-electron chi connectivity index (χ1n) is 4.98. The highest BCUT2D eigenvalue weighted by Gasteiger charge is 2.23. The molecule has 0 spiro atoms. The summed E-state index contributed by atoms with van der Waals surface area (Å²) in [6.07, 6.45) is 0.425. The van der Waals surface area contributed by atoms with Gasteiger partial charge in [-0.05, 0) is 6.42 Å². The number of nitrogens with zero attached hydrogens (tertiary/aromatic N) is 2. The third-order valence-corrected chi connectivity index (χ3v) is 4.28. The number of aromatic nitrogens is 2. The number of aromatic carboxylic acids is 1. The van der Waals surface area contributed by atoms with Gasteiger partial charge in [0.15, 0.2) is 9.84 Å². The van der Waals surface area contributed by atoms with Crippen molar-refractivity contribution in [2.45, 2.75) is 12.8 Å². The zero-order valence-electron chi connectivity index (χ0n) is 8.88. The smallest absolute Gasteiger partial charge is 0.374 e. The number of carboxylic acids is 1. The van der Waals surface area contributed by atoms with Gasteiger partial charge in [-0.15, -0.1) is 0 Å². The van der Waals surface area contributed by atoms with Gasteiger partial charge in [-0.25, -0.2) is 23.2 Å². The molecule has 92 valence electrons. The monoisotopic (exact) mass is 257 g/mol. The van der Waals surface area contributed by atoms with Crippen molar-refractivity contribution in [2.75, 3.05) is 17.2 Å². The number of hydrogen-bond acceptors (Lipinski definition) is 6. The van der Waals surface area contributed by atoms with Crippen molar-refractivity contribution in [3.05, 3.63) is 17.1 Å². The van der Waals surface area contributed by atoms with Gasteiger partial charge in [0, 0.05) is 12.0 Å². The molecule has 0 fully saturated rings. The van der Waals surface area contributed by atoms with Gasteiger partial charge in [-0.1, -0.05) is 0 Å². The first kappa shape index (κ1) is 11.8. The maximum atomic E-state index is 11.5. The Hall–Kier alpha value is -1.70. The minimum absolute atomic E-state index is 0.0000217. The number of carboxylic acid groups (broad SMARTS) is 1. The second kappa shape index (κ2) is 3.95. The number of rotatable bonds is 1. The maximum absolute atomic E-state index is 11.5. The van der Waals surface area contributed by atoms with Crippen molar-refractivity contribution in [2.24, 2.45) is 0 Å². The van der Waals surface area contributed by atoms with Crippen LogP contribution in [0.3, 0.4) is 0 Å². The van der Waals surface area contributed by atoms with E-state index in [2.05, 4.69) is 9.97 Å². The molecule has 0 saturated heterocycles. The first-order chi connectivity index (χ1) is 7.89. The Balaban J connectivity index is 2.50. The number of aryl methyl sites for hydroxylation is 1. The van der Waals surface area contributed by atoms with Gasteiger partial charge in [0.1, 0.15) is 5.82 Å². The lowest BCUT2D eigenvalue weighted by molar-refractivity contribution is 0.0683. The molecule has 8 heteroatoms. The van der Waals surface area contributed by atoms with E-state index in [0.29, 0.717) is 11.3 Å². The summed E-state index contributed by atoms with van der Waals surface area (Å²) in [5, 5.41) is 8.79. The van der Waals surface area contributed by atoms with Crippen molar-refractivity contribution in [1.82, 2.24) is 9.97 Å². The Kier molecular flexibility index (Phi) is 2.74. The molecule has 0 radical (unpaired) electrons. The van der Waals surface area contributed by atoms with Crippen LogP contribution < -0.4 is 5.73 Å². The summed E-state index contributed by atoms with van der Waals surface area (Å²) in [7, 11) is -3.11. The van der Waals surface area contributed by atoms with E-state index in [-0.39, 0.29) is 36.0 Å². The third-order valence-electron chi connectivity index (χ3n) is 2.63. The van der Waals surface area contributed by atoms with Crippen molar-refractivity contribution >= 4 is 21.6 Å². The van der Waals surface area contributed by atoms with Crippen LogP contribution in [0, 0.1) is 0 Å². The normalized spacial score (nSPS) is 18.1. The molecule has 0 bridgehead atoms. The van der Waals surface area contributed by atoms with Crippen molar-refractivity contribution in [3.63, 3.8) is 0 Å². The zero-order valence-corrected chi connectivity index (χ0v) is 9.70. The fraction of sp³-hybridized carbons (Fsp3) is 0.444. The fourth-order valence-corrected chi connectivity index (χ4v) is 2.96. The lowest BCUT2D eigenvalue weighted by atomic mass is 10.1. The minimum Gasteiger partial charge on any atom is -0.475 e. The van der Waals surface area contributed by atoms with Gasteiger partial charge in [0.05, 0.1) is 17.2 Å². The second-order valence-electron chi connectivity index (χ2n) is 3.81. The van der Waals surface area contributed by atoms with E-state index in [1.165, 1.54) is 0 Å². The fourth-order valence-electron chi connectivity index (χ4n) is 1.74. The zero-order chi connectivity index (χ0) is 12.6. The quantitative estimate of drug-likeness (QED) is 0.679. The molecule has 2 heterocycles. The van der Waals surface area contributed by atoms with Gasteiger partial charge >= 0.3 is 5.97 Å². The standard InChI is InChI=1S/C9H11N3O4S/c10-7-5-1-3-17(15,16)4-2-6(5)11-8(12-7)9(13)14/h1-4H2,(H,13,14)(H2,10,11,12). The van der Waals surface area contributed by atoms with Crippen LogP contribution in [0.4, 0.5) is 5.82 Å². The molecule has 0 aliphatic carbocycles. The molecular weight excluding hydrogens is 246 g/mol. The number of sulfone groups is 1. The van der Waals surface area contributed by atoms with Crippen molar-refractivity contribution in [1.29, 1.82) is 0 Å². The number of carbonyl (C=O) groups is 1. The summed E-state index contributed by atoms with van der Waals surface area (Å²) >= 11 is 0. The molecule has 1 aliphatic rings. The van der Waals surface area contributed by atoms with Crippen LogP contribution in [0.15, 0.2) is 0 Å². The molecular formula is C9H11N3O4S. The van der Waals surface area contributed by atoms with Crippen LogP contribution in [0.5, 0.6) is 0 Å². The number of nitrogens with two attached hydrogens (primary N) is 1. The van der Waals surface area contributed by atoms with E-state index in [0.717, 1.165) is 0 Å². The Morgan fingerprint density at radius 3 is 2.53 bits per heavy atom. The van der Waals surface area contributed by atoms with E-state index in [1.807, 2.05) is 0 Å². The molecule has 1 aromatic heterocycles. The van der Waals surface area contributed by atoms with Gasteiger partial charge < -0.3 is 10.8 Å². The molecule has 0 atom stereocenters. The molecule has 17 heavy (non-hydrogen) atoms. The predicted molar refractivity (Wildman–Crippen MR) is 59.5 cm³/mol. The number of anilines is 1. The van der Waals surface area contributed by atoms with E-state index < -0.39 is 15.8 Å². The van der Waals surface area contributed by atoms with Gasteiger partial charge in [0.25, 0.3) is 0 Å². The average Bonchev–Trinajstić information content (AvgIpc) is 2.38. The molecule has 7 nitrogen and oxygen atoms in total. The highest BCUT2D eigenvalue weighted by atomic mass is 32.2. The van der Waals surface area contributed by atoms with E-state index in [9.17, 15) is 13.2 Å². The van der Waals surface area contributed by atoms with Gasteiger partial charge in [-0.2, -0.15) is 0 Å². The average molecular weight is 257 g/mol. The Labute approximate surface area is 97.6 Å². The maximum Gasteiger partial charge on any atom is 0.374 e.